The van der Waals surface area contributed by atoms with Crippen LogP contribution in [0, 0.1) is 0 Å². The van der Waals surface area contributed by atoms with E-state index in [0.717, 1.165) is 0 Å². The molecule has 2 aromatic heterocycles. The quantitative estimate of drug-likeness (QED) is 0.685. The number of nitrogen functional groups attached to an aromatic ring is 1. The Morgan fingerprint density at radius 3 is 3.00 bits per heavy atom. The zero-order chi connectivity index (χ0) is 13.6. The highest BCUT2D eigenvalue weighted by atomic mass is 35.5. The van der Waals surface area contributed by atoms with E-state index in [0.29, 0.717) is 17.5 Å². The zero-order valence-corrected chi connectivity index (χ0v) is 10.7. The van der Waals surface area contributed by atoms with Crippen LogP contribution in [0.3, 0.4) is 0 Å². The summed E-state index contributed by atoms with van der Waals surface area (Å²) >= 11 is 5.99. The molecule has 1 aliphatic rings. The monoisotopic (exact) mass is 284 g/mol. The summed E-state index contributed by atoms with van der Waals surface area (Å²) in [5.74, 6) is 0.0784. The largest absolute Gasteiger partial charge is 0.394 e. The molecule has 7 nitrogen and oxygen atoms in total. The van der Waals surface area contributed by atoms with Crippen molar-refractivity contribution in [2.24, 2.45) is 0 Å². The number of aliphatic hydroxyl groups excluding tert-OH is 2. The number of halogens is 1. The molecule has 19 heavy (non-hydrogen) atoms. The second kappa shape index (κ2) is 4.61. The first-order valence-corrected chi connectivity index (χ1v) is 6.22. The third-order valence-corrected chi connectivity index (χ3v) is 3.53. The third-order valence-electron chi connectivity index (χ3n) is 3.24. The van der Waals surface area contributed by atoms with E-state index in [9.17, 15) is 5.11 Å². The fourth-order valence-corrected chi connectivity index (χ4v) is 2.53. The minimum absolute atomic E-state index is 0.0784. The summed E-state index contributed by atoms with van der Waals surface area (Å²) in [4.78, 5) is 8.01. The van der Waals surface area contributed by atoms with Crippen molar-refractivity contribution in [1.29, 1.82) is 0 Å². The van der Waals surface area contributed by atoms with Gasteiger partial charge in [-0.1, -0.05) is 11.6 Å². The van der Waals surface area contributed by atoms with Gasteiger partial charge in [-0.05, 0) is 6.07 Å². The lowest BCUT2D eigenvalue weighted by Gasteiger charge is -2.14. The number of nitrogens with zero attached hydrogens (tertiary/aromatic N) is 3. The lowest BCUT2D eigenvalue weighted by molar-refractivity contribution is -0.0430. The molecule has 8 heteroatoms. The summed E-state index contributed by atoms with van der Waals surface area (Å²) in [5, 5.41) is 19.8. The van der Waals surface area contributed by atoms with Gasteiger partial charge in [0.25, 0.3) is 0 Å². The smallest absolute Gasteiger partial charge is 0.223 e. The lowest BCUT2D eigenvalue weighted by atomic mass is 10.2. The van der Waals surface area contributed by atoms with Crippen LogP contribution >= 0.6 is 11.6 Å². The Morgan fingerprint density at radius 2 is 2.32 bits per heavy atom. The van der Waals surface area contributed by atoms with Gasteiger partial charge in [-0.15, -0.1) is 0 Å². The molecule has 0 amide bonds. The maximum Gasteiger partial charge on any atom is 0.223 e. The van der Waals surface area contributed by atoms with Crippen LogP contribution in [-0.4, -0.2) is 43.6 Å². The van der Waals surface area contributed by atoms with Crippen LogP contribution in [-0.2, 0) is 4.74 Å². The van der Waals surface area contributed by atoms with Gasteiger partial charge in [0, 0.05) is 12.6 Å². The molecule has 0 saturated carbocycles. The number of aromatic nitrogens is 3. The van der Waals surface area contributed by atoms with E-state index in [-0.39, 0.29) is 17.7 Å². The van der Waals surface area contributed by atoms with Gasteiger partial charge < -0.3 is 25.3 Å². The third kappa shape index (κ3) is 2.04. The van der Waals surface area contributed by atoms with E-state index in [1.54, 1.807) is 16.8 Å². The summed E-state index contributed by atoms with van der Waals surface area (Å²) < 4.78 is 7.31. The van der Waals surface area contributed by atoms with Gasteiger partial charge in [0.15, 0.2) is 0 Å². The van der Waals surface area contributed by atoms with Gasteiger partial charge in [-0.2, -0.15) is 4.98 Å². The van der Waals surface area contributed by atoms with Crippen LogP contribution in [0.15, 0.2) is 12.3 Å². The molecule has 0 unspecified atom stereocenters. The molecule has 0 aliphatic carbocycles. The van der Waals surface area contributed by atoms with E-state index >= 15 is 0 Å². The average Bonchev–Trinajstić information content (AvgIpc) is 2.92. The number of anilines is 1. The number of hydrogen-bond acceptors (Lipinski definition) is 6. The van der Waals surface area contributed by atoms with Crippen molar-refractivity contribution < 1.29 is 14.9 Å². The number of rotatable bonds is 2. The van der Waals surface area contributed by atoms with Crippen molar-refractivity contribution in [3.63, 3.8) is 0 Å². The molecule has 1 saturated heterocycles. The Labute approximate surface area is 113 Å². The van der Waals surface area contributed by atoms with Crippen LogP contribution in [0.2, 0.25) is 5.15 Å². The van der Waals surface area contributed by atoms with Gasteiger partial charge in [0.2, 0.25) is 5.95 Å². The van der Waals surface area contributed by atoms with Crippen LogP contribution in [0.1, 0.15) is 12.6 Å². The topological polar surface area (TPSA) is 106 Å². The maximum absolute atomic E-state index is 9.76. The molecule has 0 radical (unpaired) electrons. The first kappa shape index (κ1) is 12.6. The summed E-state index contributed by atoms with van der Waals surface area (Å²) in [6.07, 6.45) is 0.424. The van der Waals surface area contributed by atoms with Crippen LogP contribution in [0.5, 0.6) is 0 Å². The Morgan fingerprint density at radius 1 is 1.53 bits per heavy atom. The zero-order valence-electron chi connectivity index (χ0n) is 9.90. The lowest BCUT2D eigenvalue weighted by Crippen LogP contribution is -2.24. The predicted octanol–water partition coefficient (Wildman–Crippen LogP) is 0.308. The molecule has 4 N–H and O–H groups in total. The second-order valence-electron chi connectivity index (χ2n) is 4.45. The molecule has 0 bridgehead atoms. The molecule has 102 valence electrons. The summed E-state index contributed by atoms with van der Waals surface area (Å²) in [5.41, 5.74) is 6.13. The summed E-state index contributed by atoms with van der Waals surface area (Å²) in [6, 6.07) is 1.76. The van der Waals surface area contributed by atoms with Crippen molar-refractivity contribution in [3.05, 3.63) is 17.4 Å². The number of nitrogens with two attached hydrogens (primary N) is 1. The first-order valence-electron chi connectivity index (χ1n) is 5.84. The minimum atomic E-state index is -0.706. The fraction of sp³-hybridized carbons (Fsp3) is 0.455. The molecule has 2 aromatic rings. The normalized spacial score (nSPS) is 27.2. The van der Waals surface area contributed by atoms with E-state index in [4.69, 9.17) is 27.2 Å². The van der Waals surface area contributed by atoms with Gasteiger partial charge >= 0.3 is 0 Å². The van der Waals surface area contributed by atoms with E-state index < -0.39 is 18.4 Å². The fourth-order valence-electron chi connectivity index (χ4n) is 2.29. The van der Waals surface area contributed by atoms with E-state index in [2.05, 4.69) is 9.97 Å². The van der Waals surface area contributed by atoms with Crippen molar-refractivity contribution in [2.75, 3.05) is 12.3 Å². The Hall–Kier alpha value is -1.41. The minimum Gasteiger partial charge on any atom is -0.394 e. The van der Waals surface area contributed by atoms with Gasteiger partial charge in [0.05, 0.1) is 18.1 Å². The number of hydrogen-bond donors (Lipinski definition) is 3. The first-order chi connectivity index (χ1) is 9.10. The van der Waals surface area contributed by atoms with Gasteiger partial charge in [0.1, 0.15) is 23.1 Å². The van der Waals surface area contributed by atoms with Gasteiger partial charge in [-0.25, -0.2) is 4.98 Å². The van der Waals surface area contributed by atoms with Crippen molar-refractivity contribution in [3.8, 4) is 0 Å². The van der Waals surface area contributed by atoms with Crippen molar-refractivity contribution in [1.82, 2.24) is 14.5 Å². The molecule has 3 heterocycles. The summed E-state index contributed by atoms with van der Waals surface area (Å²) in [7, 11) is 0. The highest BCUT2D eigenvalue weighted by Crippen LogP contribution is 2.32. The Balaban J connectivity index is 2.02. The van der Waals surface area contributed by atoms with Crippen LogP contribution < -0.4 is 5.73 Å². The molecular weight excluding hydrogens is 272 g/mol. The predicted molar refractivity (Wildman–Crippen MR) is 68.6 cm³/mol. The molecule has 3 atom stereocenters. The Bertz CT molecular complexity index is 617. The van der Waals surface area contributed by atoms with E-state index in [1.165, 1.54) is 0 Å². The SMILES string of the molecule is Nc1nc(Cl)c2ccn([C@@H]3C[C@H](O)[C@@H](CO)O3)c2n1. The number of aliphatic hydroxyl groups is 2. The average molecular weight is 285 g/mol. The standard InChI is InChI=1S/C11H13ClN4O3/c12-9-5-1-2-16(10(5)15-11(13)14-9)8-3-6(18)7(4-17)19-8/h1-2,6-8,17-18H,3-4H2,(H2,13,14,15)/t6-,7+,8-/m0/s1. The molecule has 0 aromatic carbocycles. The highest BCUT2D eigenvalue weighted by molar-refractivity contribution is 6.34. The van der Waals surface area contributed by atoms with Crippen LogP contribution in [0.4, 0.5) is 5.95 Å². The van der Waals surface area contributed by atoms with Gasteiger partial charge in [-0.3, -0.25) is 0 Å². The molecule has 0 spiro atoms. The molecular formula is C11H13ClN4O3. The number of fused-ring (bicyclic) bond motifs is 1. The molecule has 1 fully saturated rings. The molecule has 1 aliphatic heterocycles. The highest BCUT2D eigenvalue weighted by Gasteiger charge is 2.35. The summed E-state index contributed by atoms with van der Waals surface area (Å²) in [6.45, 7) is -0.227. The van der Waals surface area contributed by atoms with Crippen LogP contribution in [0.25, 0.3) is 11.0 Å². The number of ether oxygens (including phenoxy) is 1. The second-order valence-corrected chi connectivity index (χ2v) is 4.81. The maximum atomic E-state index is 9.76. The molecule has 3 rings (SSSR count). The Kier molecular flexibility index (Phi) is 3.06. The van der Waals surface area contributed by atoms with Crippen molar-refractivity contribution in [2.45, 2.75) is 24.9 Å². The van der Waals surface area contributed by atoms with E-state index in [1.807, 2.05) is 0 Å². The van der Waals surface area contributed by atoms with Crippen molar-refractivity contribution >= 4 is 28.6 Å².